The highest BCUT2D eigenvalue weighted by Crippen LogP contribution is 2.29. The third-order valence-corrected chi connectivity index (χ3v) is 5.65. The summed E-state index contributed by atoms with van der Waals surface area (Å²) in [7, 11) is 0. The lowest BCUT2D eigenvalue weighted by molar-refractivity contribution is -0.116. The van der Waals surface area contributed by atoms with Crippen LogP contribution in [-0.2, 0) is 4.79 Å². The molecule has 4 rings (SSSR count). The molecule has 156 valence electrons. The Hall–Kier alpha value is -3.22. The van der Waals surface area contributed by atoms with Gasteiger partial charge >= 0.3 is 0 Å². The number of nitrogens with zero attached hydrogens (tertiary/aromatic N) is 2. The van der Waals surface area contributed by atoms with Gasteiger partial charge in [0.25, 0.3) is 0 Å². The van der Waals surface area contributed by atoms with E-state index >= 15 is 0 Å². The highest BCUT2D eigenvalue weighted by atomic mass is 35.5. The summed E-state index contributed by atoms with van der Waals surface area (Å²) in [6.45, 7) is 0.464. The number of carbonyl (C=O) groups is 1. The van der Waals surface area contributed by atoms with E-state index in [1.807, 2.05) is 53.9 Å². The number of hydrogen-bond acceptors (Lipinski definition) is 5. The van der Waals surface area contributed by atoms with E-state index in [-0.39, 0.29) is 5.91 Å². The van der Waals surface area contributed by atoms with Crippen molar-refractivity contribution < 1.29 is 9.53 Å². The molecule has 0 atom stereocenters. The predicted molar refractivity (Wildman–Crippen MR) is 126 cm³/mol. The Labute approximate surface area is 189 Å². The molecule has 0 bridgehead atoms. The number of amides is 1. The number of benzene rings is 2. The van der Waals surface area contributed by atoms with E-state index in [1.54, 1.807) is 35.9 Å². The Balaban J connectivity index is 1.30. The summed E-state index contributed by atoms with van der Waals surface area (Å²) in [6, 6.07) is 18.8. The molecule has 31 heavy (non-hydrogen) atoms. The SMILES string of the molecule is O=C(CCCOc1ccc(Cl)cc1)Nc1cccc(-c2csc(-c3ccncc3)n2)c1. The topological polar surface area (TPSA) is 64.1 Å². The van der Waals surface area contributed by atoms with Gasteiger partial charge in [0.15, 0.2) is 0 Å². The van der Waals surface area contributed by atoms with Crippen LogP contribution in [0.4, 0.5) is 5.69 Å². The molecule has 0 aliphatic rings. The summed E-state index contributed by atoms with van der Waals surface area (Å²) in [4.78, 5) is 21.1. The van der Waals surface area contributed by atoms with E-state index in [9.17, 15) is 4.79 Å². The van der Waals surface area contributed by atoms with Gasteiger partial charge in [-0.25, -0.2) is 4.98 Å². The van der Waals surface area contributed by atoms with Crippen molar-refractivity contribution in [1.29, 1.82) is 0 Å². The van der Waals surface area contributed by atoms with Crippen LogP contribution in [0.5, 0.6) is 5.75 Å². The molecule has 0 aliphatic heterocycles. The maximum atomic E-state index is 12.3. The molecular formula is C24H20ClN3O2S. The highest BCUT2D eigenvalue weighted by Gasteiger charge is 2.09. The fraction of sp³-hybridized carbons (Fsp3) is 0.125. The summed E-state index contributed by atoms with van der Waals surface area (Å²) in [5, 5.41) is 6.58. The molecular weight excluding hydrogens is 430 g/mol. The van der Waals surface area contributed by atoms with E-state index in [4.69, 9.17) is 21.3 Å². The number of rotatable bonds is 8. The maximum Gasteiger partial charge on any atom is 0.224 e. The van der Waals surface area contributed by atoms with Gasteiger partial charge in [0.1, 0.15) is 10.8 Å². The van der Waals surface area contributed by atoms with E-state index in [2.05, 4.69) is 10.3 Å². The second kappa shape index (κ2) is 10.2. The third-order valence-electron chi connectivity index (χ3n) is 4.50. The molecule has 5 nitrogen and oxygen atoms in total. The van der Waals surface area contributed by atoms with Crippen molar-refractivity contribution in [2.75, 3.05) is 11.9 Å². The molecule has 0 radical (unpaired) electrons. The lowest BCUT2D eigenvalue weighted by atomic mass is 10.1. The number of anilines is 1. The predicted octanol–water partition coefficient (Wildman–Crippen LogP) is 6.32. The Morgan fingerprint density at radius 3 is 2.65 bits per heavy atom. The van der Waals surface area contributed by atoms with Gasteiger partial charge in [-0.05, 0) is 55.0 Å². The smallest absolute Gasteiger partial charge is 0.224 e. The number of aromatic nitrogens is 2. The van der Waals surface area contributed by atoms with Crippen molar-refractivity contribution in [1.82, 2.24) is 9.97 Å². The van der Waals surface area contributed by atoms with E-state index < -0.39 is 0 Å². The summed E-state index contributed by atoms with van der Waals surface area (Å²) < 4.78 is 5.63. The van der Waals surface area contributed by atoms with Gasteiger partial charge in [0, 0.05) is 46.0 Å². The minimum absolute atomic E-state index is 0.0485. The third kappa shape index (κ3) is 5.90. The molecule has 0 saturated carbocycles. The number of pyridine rings is 1. The Morgan fingerprint density at radius 2 is 1.84 bits per heavy atom. The van der Waals surface area contributed by atoms with Crippen LogP contribution in [0.15, 0.2) is 78.4 Å². The molecule has 0 unspecified atom stereocenters. The average molecular weight is 450 g/mol. The molecule has 1 N–H and O–H groups in total. The normalized spacial score (nSPS) is 10.6. The van der Waals surface area contributed by atoms with Gasteiger partial charge in [-0.15, -0.1) is 11.3 Å². The van der Waals surface area contributed by atoms with E-state index in [1.165, 1.54) is 0 Å². The van der Waals surface area contributed by atoms with Gasteiger partial charge in [-0.3, -0.25) is 9.78 Å². The standard InChI is InChI=1S/C24H20ClN3O2S/c25-19-6-8-21(9-7-19)30-14-2-5-23(29)27-20-4-1-3-18(15-20)22-16-31-24(28-22)17-10-12-26-13-11-17/h1,3-4,6-13,15-16H,2,5,14H2,(H,27,29). The molecule has 1 amide bonds. The molecule has 7 heteroatoms. The Kier molecular flexibility index (Phi) is 6.92. The minimum Gasteiger partial charge on any atom is -0.494 e. The van der Waals surface area contributed by atoms with Gasteiger partial charge < -0.3 is 10.1 Å². The van der Waals surface area contributed by atoms with Gasteiger partial charge in [-0.1, -0.05) is 23.7 Å². The van der Waals surface area contributed by atoms with Gasteiger partial charge in [-0.2, -0.15) is 0 Å². The molecule has 2 aromatic carbocycles. The fourth-order valence-corrected chi connectivity index (χ4v) is 3.93. The minimum atomic E-state index is -0.0485. The van der Waals surface area contributed by atoms with Crippen molar-refractivity contribution in [3.05, 3.63) is 83.5 Å². The summed E-state index contributed by atoms with van der Waals surface area (Å²) in [5.74, 6) is 0.694. The van der Waals surface area contributed by atoms with Crippen molar-refractivity contribution in [2.45, 2.75) is 12.8 Å². The van der Waals surface area contributed by atoms with Crippen molar-refractivity contribution >= 4 is 34.5 Å². The quantitative estimate of drug-likeness (QED) is 0.319. The van der Waals surface area contributed by atoms with Crippen molar-refractivity contribution in [3.8, 4) is 27.6 Å². The molecule has 4 aromatic rings. The first-order chi connectivity index (χ1) is 15.2. The van der Waals surface area contributed by atoms with E-state index in [0.29, 0.717) is 24.5 Å². The first-order valence-corrected chi connectivity index (χ1v) is 11.1. The summed E-state index contributed by atoms with van der Waals surface area (Å²) in [5.41, 5.74) is 3.63. The molecule has 0 fully saturated rings. The second-order valence-electron chi connectivity index (χ2n) is 6.81. The van der Waals surface area contributed by atoms with Crippen LogP contribution in [0.3, 0.4) is 0 Å². The van der Waals surface area contributed by atoms with Crippen LogP contribution in [-0.4, -0.2) is 22.5 Å². The second-order valence-corrected chi connectivity index (χ2v) is 8.10. The molecule has 0 aliphatic carbocycles. The maximum absolute atomic E-state index is 12.3. The van der Waals surface area contributed by atoms with Crippen LogP contribution in [0, 0.1) is 0 Å². The molecule has 2 aromatic heterocycles. The number of carbonyl (C=O) groups excluding carboxylic acids is 1. The number of thiazole rings is 1. The molecule has 0 spiro atoms. The Morgan fingerprint density at radius 1 is 1.03 bits per heavy atom. The molecule has 2 heterocycles. The first kappa shape index (κ1) is 21.0. The fourth-order valence-electron chi connectivity index (χ4n) is 2.97. The van der Waals surface area contributed by atoms with Crippen LogP contribution in [0.25, 0.3) is 21.8 Å². The van der Waals surface area contributed by atoms with E-state index in [0.717, 1.165) is 33.3 Å². The Bertz CT molecular complexity index is 1150. The summed E-state index contributed by atoms with van der Waals surface area (Å²) >= 11 is 7.44. The summed E-state index contributed by atoms with van der Waals surface area (Å²) in [6.07, 6.45) is 4.51. The monoisotopic (exact) mass is 449 g/mol. The highest BCUT2D eigenvalue weighted by molar-refractivity contribution is 7.13. The van der Waals surface area contributed by atoms with Crippen LogP contribution in [0.2, 0.25) is 5.02 Å². The van der Waals surface area contributed by atoms with Crippen molar-refractivity contribution in [2.24, 2.45) is 0 Å². The van der Waals surface area contributed by atoms with Crippen LogP contribution >= 0.6 is 22.9 Å². The lowest BCUT2D eigenvalue weighted by Gasteiger charge is -2.08. The van der Waals surface area contributed by atoms with Gasteiger partial charge in [0.05, 0.1) is 12.3 Å². The van der Waals surface area contributed by atoms with Crippen LogP contribution < -0.4 is 10.1 Å². The number of nitrogens with one attached hydrogen (secondary N) is 1. The number of halogens is 1. The van der Waals surface area contributed by atoms with Crippen molar-refractivity contribution in [3.63, 3.8) is 0 Å². The average Bonchev–Trinajstić information content (AvgIpc) is 3.29. The van der Waals surface area contributed by atoms with Gasteiger partial charge in [0.2, 0.25) is 5.91 Å². The zero-order valence-corrected chi connectivity index (χ0v) is 18.2. The first-order valence-electron chi connectivity index (χ1n) is 9.82. The largest absolute Gasteiger partial charge is 0.494 e. The zero-order chi connectivity index (χ0) is 21.5. The number of hydrogen-bond donors (Lipinski definition) is 1. The number of ether oxygens (including phenoxy) is 1. The molecule has 0 saturated heterocycles. The zero-order valence-electron chi connectivity index (χ0n) is 16.6. The van der Waals surface area contributed by atoms with Crippen LogP contribution in [0.1, 0.15) is 12.8 Å². The lowest BCUT2D eigenvalue weighted by Crippen LogP contribution is -2.12.